The predicted molar refractivity (Wildman–Crippen MR) is 110 cm³/mol. The van der Waals surface area contributed by atoms with Crippen LogP contribution in [0.5, 0.6) is 11.5 Å². The fourth-order valence-electron chi connectivity index (χ4n) is 2.58. The average Bonchev–Trinajstić information content (AvgIpc) is 2.67. The lowest BCUT2D eigenvalue weighted by Gasteiger charge is -2.15. The summed E-state index contributed by atoms with van der Waals surface area (Å²) in [7, 11) is 1.58. The number of hydrogen-bond acceptors (Lipinski definition) is 3. The van der Waals surface area contributed by atoms with E-state index in [0.29, 0.717) is 35.4 Å². The van der Waals surface area contributed by atoms with E-state index in [1.165, 1.54) is 6.07 Å². The van der Waals surface area contributed by atoms with Gasteiger partial charge >= 0.3 is 0 Å². The molecule has 0 heterocycles. The number of halogens is 3. The van der Waals surface area contributed by atoms with Crippen LogP contribution in [0.15, 0.2) is 65.1 Å². The maximum absolute atomic E-state index is 13.7. The minimum atomic E-state index is -0.289. The normalized spacial score (nSPS) is 10.5. The number of anilines is 1. The van der Waals surface area contributed by atoms with Crippen LogP contribution in [0.1, 0.15) is 11.1 Å². The van der Waals surface area contributed by atoms with Gasteiger partial charge in [0.05, 0.1) is 17.3 Å². The third kappa shape index (κ3) is 4.93. The summed E-state index contributed by atoms with van der Waals surface area (Å²) < 4.78 is 25.9. The number of rotatable bonds is 7. The van der Waals surface area contributed by atoms with E-state index in [4.69, 9.17) is 21.1 Å². The largest absolute Gasteiger partial charge is 0.493 e. The Bertz CT molecular complexity index is 936. The summed E-state index contributed by atoms with van der Waals surface area (Å²) >= 11 is 9.71. The maximum Gasteiger partial charge on any atom is 0.175 e. The van der Waals surface area contributed by atoms with E-state index >= 15 is 0 Å². The van der Waals surface area contributed by atoms with Gasteiger partial charge in [-0.25, -0.2) is 4.39 Å². The molecule has 140 valence electrons. The number of benzene rings is 3. The molecule has 0 spiro atoms. The smallest absolute Gasteiger partial charge is 0.175 e. The van der Waals surface area contributed by atoms with E-state index in [2.05, 4.69) is 21.2 Å². The Labute approximate surface area is 171 Å². The molecule has 0 atom stereocenters. The van der Waals surface area contributed by atoms with Crippen molar-refractivity contribution in [1.29, 1.82) is 0 Å². The van der Waals surface area contributed by atoms with Crippen molar-refractivity contribution in [3.05, 3.63) is 87.1 Å². The molecule has 0 unspecified atom stereocenters. The van der Waals surface area contributed by atoms with Gasteiger partial charge in [-0.3, -0.25) is 0 Å². The van der Waals surface area contributed by atoms with E-state index in [1.807, 2.05) is 36.4 Å². The molecule has 3 nitrogen and oxygen atoms in total. The van der Waals surface area contributed by atoms with E-state index in [1.54, 1.807) is 25.3 Å². The maximum atomic E-state index is 13.7. The second kappa shape index (κ2) is 9.11. The summed E-state index contributed by atoms with van der Waals surface area (Å²) in [5.41, 5.74) is 2.26. The van der Waals surface area contributed by atoms with Crippen molar-refractivity contribution in [2.75, 3.05) is 12.4 Å². The molecule has 6 heteroatoms. The molecule has 27 heavy (non-hydrogen) atoms. The molecule has 3 rings (SSSR count). The molecule has 3 aromatic rings. The van der Waals surface area contributed by atoms with Crippen molar-refractivity contribution in [1.82, 2.24) is 0 Å². The number of ether oxygens (including phenoxy) is 2. The zero-order valence-corrected chi connectivity index (χ0v) is 17.0. The molecule has 0 saturated carbocycles. The number of methoxy groups -OCH3 is 1. The number of hydrogen-bond donors (Lipinski definition) is 1. The molecule has 0 aliphatic heterocycles. The summed E-state index contributed by atoms with van der Waals surface area (Å²) in [6.45, 7) is 0.766. The molecule has 0 aliphatic rings. The highest BCUT2D eigenvalue weighted by Crippen LogP contribution is 2.37. The van der Waals surface area contributed by atoms with Crippen molar-refractivity contribution in [3.8, 4) is 11.5 Å². The Kier molecular flexibility index (Phi) is 6.58. The topological polar surface area (TPSA) is 30.5 Å². The van der Waals surface area contributed by atoms with E-state index in [0.717, 1.165) is 15.6 Å². The Morgan fingerprint density at radius 2 is 1.81 bits per heavy atom. The van der Waals surface area contributed by atoms with Crippen LogP contribution in [-0.4, -0.2) is 7.11 Å². The average molecular weight is 451 g/mol. The molecular formula is C21H18BrClFNO2. The lowest BCUT2D eigenvalue weighted by Crippen LogP contribution is -2.04. The highest BCUT2D eigenvalue weighted by atomic mass is 79.9. The van der Waals surface area contributed by atoms with Crippen LogP contribution < -0.4 is 14.8 Å². The number of nitrogens with one attached hydrogen (secondary N) is 1. The van der Waals surface area contributed by atoms with Crippen LogP contribution in [0.25, 0.3) is 0 Å². The SMILES string of the molecule is COc1cc(CNc2ccccc2F)cc(Br)c1OCc1ccccc1Cl. The first-order chi connectivity index (χ1) is 13.1. The standard InChI is InChI=1S/C21H18BrClFNO2/c1-26-20-11-14(12-25-19-9-5-4-8-18(19)24)10-16(22)21(20)27-13-15-6-2-3-7-17(15)23/h2-11,25H,12-13H2,1H3. The molecule has 0 amide bonds. The molecule has 0 fully saturated rings. The van der Waals surface area contributed by atoms with Crippen molar-refractivity contribution < 1.29 is 13.9 Å². The van der Waals surface area contributed by atoms with Crippen molar-refractivity contribution in [3.63, 3.8) is 0 Å². The fraction of sp³-hybridized carbons (Fsp3) is 0.143. The third-order valence-electron chi connectivity index (χ3n) is 3.98. The highest BCUT2D eigenvalue weighted by molar-refractivity contribution is 9.10. The quantitative estimate of drug-likeness (QED) is 0.449. The van der Waals surface area contributed by atoms with Gasteiger partial charge in [-0.2, -0.15) is 0 Å². The Balaban J connectivity index is 1.75. The third-order valence-corrected chi connectivity index (χ3v) is 4.93. The Hall–Kier alpha value is -2.24. The van der Waals surface area contributed by atoms with Gasteiger partial charge in [-0.15, -0.1) is 0 Å². The monoisotopic (exact) mass is 449 g/mol. The molecule has 0 aliphatic carbocycles. The van der Waals surface area contributed by atoms with Gasteiger partial charge in [-0.1, -0.05) is 41.9 Å². The fourth-order valence-corrected chi connectivity index (χ4v) is 3.38. The van der Waals surface area contributed by atoms with Gasteiger partial charge in [0.15, 0.2) is 11.5 Å². The van der Waals surface area contributed by atoms with E-state index < -0.39 is 0 Å². The van der Waals surface area contributed by atoms with Crippen molar-refractivity contribution in [2.45, 2.75) is 13.2 Å². The van der Waals surface area contributed by atoms with Gasteiger partial charge in [0.25, 0.3) is 0 Å². The first-order valence-electron chi connectivity index (χ1n) is 8.29. The molecule has 0 aromatic heterocycles. The summed E-state index contributed by atoms with van der Waals surface area (Å²) in [4.78, 5) is 0. The lowest BCUT2D eigenvalue weighted by molar-refractivity contribution is 0.282. The van der Waals surface area contributed by atoms with Crippen LogP contribution in [0.2, 0.25) is 5.02 Å². The first-order valence-corrected chi connectivity index (χ1v) is 9.46. The van der Waals surface area contributed by atoms with Crippen molar-refractivity contribution in [2.24, 2.45) is 0 Å². The van der Waals surface area contributed by atoms with Crippen molar-refractivity contribution >= 4 is 33.2 Å². The van der Waals surface area contributed by atoms with Gasteiger partial charge in [0, 0.05) is 17.1 Å². The van der Waals surface area contributed by atoms with Crippen LogP contribution in [-0.2, 0) is 13.2 Å². The van der Waals surface area contributed by atoms with Crippen LogP contribution in [0.3, 0.4) is 0 Å². The Morgan fingerprint density at radius 1 is 1.07 bits per heavy atom. The lowest BCUT2D eigenvalue weighted by atomic mass is 10.2. The second-order valence-electron chi connectivity index (χ2n) is 5.82. The first kappa shape index (κ1) is 19.5. The van der Waals surface area contributed by atoms with E-state index in [-0.39, 0.29) is 5.82 Å². The zero-order chi connectivity index (χ0) is 19.2. The summed E-state index contributed by atoms with van der Waals surface area (Å²) in [6.07, 6.45) is 0. The number of para-hydroxylation sites is 1. The van der Waals surface area contributed by atoms with E-state index in [9.17, 15) is 4.39 Å². The van der Waals surface area contributed by atoms with Gasteiger partial charge in [0.2, 0.25) is 0 Å². The summed E-state index contributed by atoms with van der Waals surface area (Å²) in [6, 6.07) is 17.9. The molecule has 0 saturated heterocycles. The zero-order valence-electron chi connectivity index (χ0n) is 14.6. The minimum Gasteiger partial charge on any atom is -0.493 e. The van der Waals surface area contributed by atoms with Gasteiger partial charge in [-0.05, 0) is 51.8 Å². The van der Waals surface area contributed by atoms with Crippen LogP contribution in [0.4, 0.5) is 10.1 Å². The summed E-state index contributed by atoms with van der Waals surface area (Å²) in [5, 5.41) is 3.73. The predicted octanol–water partition coefficient (Wildman–Crippen LogP) is 6.44. The molecular weight excluding hydrogens is 433 g/mol. The molecule has 0 radical (unpaired) electrons. The Morgan fingerprint density at radius 3 is 2.56 bits per heavy atom. The summed E-state index contributed by atoms with van der Waals surface area (Å²) in [5.74, 6) is 0.886. The molecule has 1 N–H and O–H groups in total. The molecule has 3 aromatic carbocycles. The van der Waals surface area contributed by atoms with Gasteiger partial charge < -0.3 is 14.8 Å². The van der Waals surface area contributed by atoms with Gasteiger partial charge in [0.1, 0.15) is 12.4 Å². The second-order valence-corrected chi connectivity index (χ2v) is 7.08. The van der Waals surface area contributed by atoms with Crippen LogP contribution in [0, 0.1) is 5.82 Å². The van der Waals surface area contributed by atoms with Crippen LogP contribution >= 0.6 is 27.5 Å². The minimum absolute atomic E-state index is 0.289. The highest BCUT2D eigenvalue weighted by Gasteiger charge is 2.13. The molecule has 0 bridgehead atoms.